The maximum absolute atomic E-state index is 11.6. The molecule has 0 aliphatic carbocycles. The molecule has 1 amide bonds. The first-order chi connectivity index (χ1) is 12.4. The summed E-state index contributed by atoms with van der Waals surface area (Å²) in [5, 5.41) is 4.79. The molecule has 0 radical (unpaired) electrons. The highest BCUT2D eigenvalue weighted by Gasteiger charge is 2.39. The Hall–Kier alpha value is -2.09. The number of ether oxygens (including phenoxy) is 2. The summed E-state index contributed by atoms with van der Waals surface area (Å²) in [7, 11) is 1.89. The Morgan fingerprint density at radius 1 is 1.50 bits per heavy atom. The van der Waals surface area contributed by atoms with Gasteiger partial charge in [0.1, 0.15) is 18.0 Å². The number of carbonyl (C=O) groups excluding carboxylic acids is 1. The molecular weight excluding hydrogens is 356 g/mol. The van der Waals surface area contributed by atoms with Crippen LogP contribution in [0.5, 0.6) is 5.75 Å². The first-order valence-corrected chi connectivity index (χ1v) is 8.82. The largest absolute Gasteiger partial charge is 0.490 e. The molecular formula is C18H23ClN4O3. The molecule has 7 nitrogen and oxygen atoms in total. The number of rotatable bonds is 7. The first kappa shape index (κ1) is 18.7. The van der Waals surface area contributed by atoms with Crippen LogP contribution in [0.25, 0.3) is 0 Å². The minimum atomic E-state index is -0.783. The molecule has 1 aromatic carbocycles. The quantitative estimate of drug-likeness (QED) is 0.791. The van der Waals surface area contributed by atoms with Crippen LogP contribution in [0.15, 0.2) is 36.7 Å². The van der Waals surface area contributed by atoms with Gasteiger partial charge in [-0.05, 0) is 18.2 Å². The van der Waals surface area contributed by atoms with Crippen LogP contribution in [0, 0.1) is 0 Å². The van der Waals surface area contributed by atoms with E-state index in [0.29, 0.717) is 23.9 Å². The fraction of sp³-hybridized carbons (Fsp3) is 0.444. The van der Waals surface area contributed by atoms with E-state index in [-0.39, 0.29) is 13.0 Å². The number of benzene rings is 1. The van der Waals surface area contributed by atoms with Crippen molar-refractivity contribution in [2.45, 2.75) is 18.6 Å². The molecule has 8 heteroatoms. The maximum Gasteiger partial charge on any atom is 0.220 e. The van der Waals surface area contributed by atoms with Crippen LogP contribution < -0.4 is 10.5 Å². The molecule has 0 unspecified atom stereocenters. The lowest BCUT2D eigenvalue weighted by atomic mass is 9.97. The molecule has 1 saturated heterocycles. The van der Waals surface area contributed by atoms with Gasteiger partial charge in [0.2, 0.25) is 5.91 Å². The number of primary amides is 1. The zero-order valence-electron chi connectivity index (χ0n) is 14.7. The molecule has 1 aromatic heterocycles. The summed E-state index contributed by atoms with van der Waals surface area (Å²) in [6, 6.07) is 7.14. The van der Waals surface area contributed by atoms with Crippen molar-refractivity contribution in [1.82, 2.24) is 14.7 Å². The molecule has 1 atom stereocenters. The fourth-order valence-corrected chi connectivity index (χ4v) is 3.38. The van der Waals surface area contributed by atoms with Crippen LogP contribution in [-0.2, 0) is 23.1 Å². The van der Waals surface area contributed by atoms with Gasteiger partial charge in [-0.2, -0.15) is 5.10 Å². The second-order valence-electron chi connectivity index (χ2n) is 6.65. The number of hydrogen-bond donors (Lipinski definition) is 1. The lowest BCUT2D eigenvalue weighted by Crippen LogP contribution is -2.56. The van der Waals surface area contributed by atoms with Gasteiger partial charge in [-0.1, -0.05) is 17.7 Å². The summed E-state index contributed by atoms with van der Waals surface area (Å²) in [4.78, 5) is 13.9. The van der Waals surface area contributed by atoms with Gasteiger partial charge in [-0.3, -0.25) is 14.4 Å². The highest BCUT2D eigenvalue weighted by Crippen LogP contribution is 2.26. The van der Waals surface area contributed by atoms with Crippen LogP contribution in [0.3, 0.4) is 0 Å². The van der Waals surface area contributed by atoms with Crippen LogP contribution in [0.4, 0.5) is 0 Å². The monoisotopic (exact) mass is 378 g/mol. The Morgan fingerprint density at radius 3 is 3.04 bits per heavy atom. The number of hydrogen-bond acceptors (Lipinski definition) is 5. The molecule has 26 heavy (non-hydrogen) atoms. The summed E-state index contributed by atoms with van der Waals surface area (Å²) in [6.07, 6.45) is 3.92. The Labute approximate surface area is 157 Å². The topological polar surface area (TPSA) is 82.6 Å². The number of morpholine rings is 1. The fourth-order valence-electron chi connectivity index (χ4n) is 3.20. The van der Waals surface area contributed by atoms with Gasteiger partial charge in [0.15, 0.2) is 0 Å². The molecule has 1 aliphatic rings. The van der Waals surface area contributed by atoms with Crippen LogP contribution >= 0.6 is 11.6 Å². The van der Waals surface area contributed by atoms with Crippen LogP contribution in [0.1, 0.15) is 12.0 Å². The SMILES string of the molecule is Cn1cc(CN2CCO[C@@](COc3cccc(Cl)c3)(CC(N)=O)C2)cn1. The number of amides is 1. The van der Waals surface area contributed by atoms with E-state index in [2.05, 4.69) is 10.00 Å². The second-order valence-corrected chi connectivity index (χ2v) is 7.09. The van der Waals surface area contributed by atoms with Gasteiger partial charge in [0.25, 0.3) is 0 Å². The third kappa shape index (κ3) is 4.97. The molecule has 140 valence electrons. The molecule has 0 saturated carbocycles. The zero-order chi connectivity index (χ0) is 18.6. The summed E-state index contributed by atoms with van der Waals surface area (Å²) < 4.78 is 13.6. The van der Waals surface area contributed by atoms with Gasteiger partial charge in [-0.25, -0.2) is 0 Å². The highest BCUT2D eigenvalue weighted by molar-refractivity contribution is 6.30. The van der Waals surface area contributed by atoms with Crippen molar-refractivity contribution in [3.8, 4) is 5.75 Å². The third-order valence-electron chi connectivity index (χ3n) is 4.29. The summed E-state index contributed by atoms with van der Waals surface area (Å²) in [5.41, 5.74) is 5.80. The van der Waals surface area contributed by atoms with Gasteiger partial charge < -0.3 is 15.2 Å². The number of nitrogens with two attached hydrogens (primary N) is 1. The summed E-state index contributed by atoms with van der Waals surface area (Å²) in [5.74, 6) is 0.220. The molecule has 1 aliphatic heterocycles. The van der Waals surface area contributed by atoms with Crippen molar-refractivity contribution in [3.05, 3.63) is 47.2 Å². The molecule has 3 rings (SSSR count). The van der Waals surface area contributed by atoms with Crippen molar-refractivity contribution in [1.29, 1.82) is 0 Å². The minimum absolute atomic E-state index is 0.0944. The predicted octanol–water partition coefficient (Wildman–Crippen LogP) is 1.60. The molecule has 2 heterocycles. The van der Waals surface area contributed by atoms with E-state index in [1.165, 1.54) is 0 Å². The number of carbonyl (C=O) groups is 1. The number of nitrogens with zero attached hydrogens (tertiary/aromatic N) is 3. The van der Waals surface area contributed by atoms with Crippen LogP contribution in [0.2, 0.25) is 5.02 Å². The smallest absolute Gasteiger partial charge is 0.220 e. The van der Waals surface area contributed by atoms with Gasteiger partial charge in [0.05, 0.1) is 19.2 Å². The Bertz CT molecular complexity index is 766. The van der Waals surface area contributed by atoms with Crippen molar-refractivity contribution in [3.63, 3.8) is 0 Å². The molecule has 0 bridgehead atoms. The first-order valence-electron chi connectivity index (χ1n) is 8.45. The number of halogens is 1. The number of aromatic nitrogens is 2. The summed E-state index contributed by atoms with van der Waals surface area (Å²) >= 11 is 6.00. The normalized spacial score (nSPS) is 20.8. The standard InChI is InChI=1S/C18H23ClN4O3/c1-22-10-14(9-21-22)11-23-5-6-26-18(12-23,8-17(20)24)13-25-16-4-2-3-15(19)7-16/h2-4,7,9-10H,5-6,8,11-13H2,1H3,(H2,20,24)/t18-/m0/s1. The van der Waals surface area contributed by atoms with E-state index >= 15 is 0 Å². The summed E-state index contributed by atoms with van der Waals surface area (Å²) in [6.45, 7) is 2.78. The van der Waals surface area contributed by atoms with Crippen LogP contribution in [-0.4, -0.2) is 52.5 Å². The molecule has 2 aromatic rings. The second kappa shape index (κ2) is 8.07. The van der Waals surface area contributed by atoms with E-state index in [1.807, 2.05) is 31.6 Å². The van der Waals surface area contributed by atoms with E-state index in [9.17, 15) is 4.79 Å². The number of aryl methyl sites for hydroxylation is 1. The third-order valence-corrected chi connectivity index (χ3v) is 4.52. The van der Waals surface area contributed by atoms with Crippen molar-refractivity contribution < 1.29 is 14.3 Å². The Kier molecular flexibility index (Phi) is 5.80. The van der Waals surface area contributed by atoms with E-state index < -0.39 is 11.5 Å². The van der Waals surface area contributed by atoms with Crippen molar-refractivity contribution >= 4 is 17.5 Å². The highest BCUT2D eigenvalue weighted by atomic mass is 35.5. The zero-order valence-corrected chi connectivity index (χ0v) is 15.5. The van der Waals surface area contributed by atoms with Gasteiger partial charge in [0, 0.05) is 43.5 Å². The lowest BCUT2D eigenvalue weighted by Gasteiger charge is -2.41. The molecule has 1 fully saturated rings. The Morgan fingerprint density at radius 2 is 2.35 bits per heavy atom. The molecule has 0 spiro atoms. The minimum Gasteiger partial charge on any atom is -0.490 e. The average Bonchev–Trinajstić information content (AvgIpc) is 2.98. The van der Waals surface area contributed by atoms with E-state index in [4.69, 9.17) is 26.8 Å². The average molecular weight is 379 g/mol. The van der Waals surface area contributed by atoms with Crippen molar-refractivity contribution in [2.75, 3.05) is 26.3 Å². The molecule has 2 N–H and O–H groups in total. The van der Waals surface area contributed by atoms with Crippen molar-refractivity contribution in [2.24, 2.45) is 12.8 Å². The van der Waals surface area contributed by atoms with Gasteiger partial charge in [-0.15, -0.1) is 0 Å². The van der Waals surface area contributed by atoms with Gasteiger partial charge >= 0.3 is 0 Å². The Balaban J connectivity index is 1.69. The maximum atomic E-state index is 11.6. The predicted molar refractivity (Wildman–Crippen MR) is 97.9 cm³/mol. The van der Waals surface area contributed by atoms with E-state index in [0.717, 1.165) is 18.7 Å². The van der Waals surface area contributed by atoms with E-state index in [1.54, 1.807) is 16.8 Å². The lowest BCUT2D eigenvalue weighted by molar-refractivity contribution is -0.148.